The van der Waals surface area contributed by atoms with Crippen LogP contribution in [0.2, 0.25) is 0 Å². The monoisotopic (exact) mass is 337 g/mol. The molecule has 1 heterocycles. The normalized spacial score (nSPS) is 12.3. The largest absolute Gasteiger partial charge is 0.418 e. The molecule has 0 saturated carbocycles. The molecule has 0 aliphatic heterocycles. The third-order valence-corrected chi connectivity index (χ3v) is 2.54. The molecule has 0 amide bonds. The summed E-state index contributed by atoms with van der Waals surface area (Å²) in [4.78, 5) is 3.26. The molecule has 1 aromatic rings. The van der Waals surface area contributed by atoms with Crippen molar-refractivity contribution in [1.29, 1.82) is 0 Å². The van der Waals surface area contributed by atoms with E-state index in [2.05, 4.69) is 4.98 Å². The van der Waals surface area contributed by atoms with Crippen LogP contribution in [0, 0.1) is 10.6 Å². The molecular weight excluding hydrogens is 332 g/mol. The van der Waals surface area contributed by atoms with Crippen molar-refractivity contribution >= 4 is 22.6 Å². The van der Waals surface area contributed by atoms with Gasteiger partial charge in [0, 0.05) is 0 Å². The second-order valence-corrected chi connectivity index (χ2v) is 3.85. The van der Waals surface area contributed by atoms with Crippen LogP contribution in [0.15, 0.2) is 6.07 Å². The Labute approximate surface area is 95.8 Å². The summed E-state index contributed by atoms with van der Waals surface area (Å²) in [6, 6.07) is 0.691. The second-order valence-electron chi connectivity index (χ2n) is 2.83. The lowest BCUT2D eigenvalue weighted by molar-refractivity contribution is -0.138. The van der Waals surface area contributed by atoms with Crippen molar-refractivity contribution in [3.8, 4) is 0 Å². The van der Waals surface area contributed by atoms with Gasteiger partial charge in [-0.1, -0.05) is 0 Å². The number of hydrogen-bond donors (Lipinski definition) is 0. The molecule has 0 atom stereocenters. The first kappa shape index (κ1) is 12.6. The van der Waals surface area contributed by atoms with Crippen molar-refractivity contribution in [2.24, 2.45) is 0 Å². The minimum atomic E-state index is -4.56. The van der Waals surface area contributed by atoms with Gasteiger partial charge in [0.2, 0.25) is 0 Å². The van der Waals surface area contributed by atoms with Crippen molar-refractivity contribution in [3.63, 3.8) is 0 Å². The highest BCUT2D eigenvalue weighted by molar-refractivity contribution is 14.1. The molecule has 15 heavy (non-hydrogen) atoms. The minimum absolute atomic E-state index is 0.155. The van der Waals surface area contributed by atoms with E-state index in [0.29, 0.717) is 6.07 Å². The average Bonchev–Trinajstić information content (AvgIpc) is 2.06. The zero-order chi connectivity index (χ0) is 11.8. The van der Waals surface area contributed by atoms with Crippen LogP contribution in [-0.4, -0.2) is 4.98 Å². The van der Waals surface area contributed by atoms with Crippen LogP contribution in [0.3, 0.4) is 0 Å². The summed E-state index contributed by atoms with van der Waals surface area (Å²) >= 11 is 1.30. The summed E-state index contributed by atoms with van der Waals surface area (Å²) in [5.74, 6) is 0. The van der Waals surface area contributed by atoms with E-state index in [1.54, 1.807) is 0 Å². The van der Waals surface area contributed by atoms with Gasteiger partial charge in [0.25, 0.3) is 6.43 Å². The van der Waals surface area contributed by atoms with E-state index < -0.39 is 27.6 Å². The van der Waals surface area contributed by atoms with Gasteiger partial charge in [0.05, 0.1) is 5.56 Å². The van der Waals surface area contributed by atoms with Gasteiger partial charge >= 0.3 is 6.18 Å². The first-order valence-electron chi connectivity index (χ1n) is 3.76. The Balaban J connectivity index is 3.32. The Morgan fingerprint density at radius 1 is 1.33 bits per heavy atom. The van der Waals surface area contributed by atoms with Crippen LogP contribution in [0.5, 0.6) is 0 Å². The smallest absolute Gasteiger partial charge is 0.240 e. The second kappa shape index (κ2) is 4.18. The lowest BCUT2D eigenvalue weighted by atomic mass is 10.1. The van der Waals surface area contributed by atoms with Gasteiger partial charge in [-0.15, -0.1) is 0 Å². The number of alkyl halides is 5. The molecule has 0 aliphatic carbocycles. The summed E-state index contributed by atoms with van der Waals surface area (Å²) in [5, 5.41) is 0. The van der Waals surface area contributed by atoms with E-state index >= 15 is 0 Å². The molecule has 0 spiro atoms. The minimum Gasteiger partial charge on any atom is -0.240 e. The van der Waals surface area contributed by atoms with E-state index in [0.717, 1.165) is 0 Å². The zero-order valence-electron chi connectivity index (χ0n) is 7.37. The maximum atomic E-state index is 12.3. The highest BCUT2D eigenvalue weighted by Crippen LogP contribution is 2.34. The number of pyridine rings is 1. The van der Waals surface area contributed by atoms with E-state index in [9.17, 15) is 22.0 Å². The maximum Gasteiger partial charge on any atom is 0.418 e. The molecule has 84 valence electrons. The highest BCUT2D eigenvalue weighted by atomic mass is 127. The Kier molecular flexibility index (Phi) is 3.51. The molecule has 0 aliphatic rings. The molecular formula is C8H5F5IN. The number of aromatic nitrogens is 1. The quantitative estimate of drug-likeness (QED) is 0.430. The van der Waals surface area contributed by atoms with Gasteiger partial charge in [-0.05, 0) is 41.1 Å². The van der Waals surface area contributed by atoms with Crippen molar-refractivity contribution in [2.75, 3.05) is 0 Å². The lowest BCUT2D eigenvalue weighted by Gasteiger charge is -2.11. The highest BCUT2D eigenvalue weighted by Gasteiger charge is 2.34. The topological polar surface area (TPSA) is 12.9 Å². The number of nitrogens with zero attached hydrogens (tertiary/aromatic N) is 1. The van der Waals surface area contributed by atoms with Gasteiger partial charge in [0.1, 0.15) is 9.39 Å². The summed E-state index contributed by atoms with van der Waals surface area (Å²) < 4.78 is 61.1. The Bertz CT molecular complexity index is 374. The van der Waals surface area contributed by atoms with Crippen LogP contribution in [-0.2, 0) is 6.18 Å². The molecule has 0 N–H and O–H groups in total. The van der Waals surface area contributed by atoms with Crippen LogP contribution in [0.4, 0.5) is 22.0 Å². The Hall–Kier alpha value is -0.470. The van der Waals surface area contributed by atoms with E-state index in [4.69, 9.17) is 0 Å². The van der Waals surface area contributed by atoms with E-state index in [1.807, 2.05) is 0 Å². The fourth-order valence-electron chi connectivity index (χ4n) is 1.02. The summed E-state index contributed by atoms with van der Waals surface area (Å²) in [7, 11) is 0. The zero-order valence-corrected chi connectivity index (χ0v) is 9.53. The van der Waals surface area contributed by atoms with Gasteiger partial charge in [0.15, 0.2) is 0 Å². The summed E-state index contributed by atoms with van der Waals surface area (Å²) in [6.07, 6.45) is -7.42. The Morgan fingerprint density at radius 3 is 2.27 bits per heavy atom. The van der Waals surface area contributed by atoms with Gasteiger partial charge in [-0.3, -0.25) is 0 Å². The van der Waals surface area contributed by atoms with Gasteiger partial charge < -0.3 is 0 Å². The van der Waals surface area contributed by atoms with Crippen molar-refractivity contribution in [3.05, 3.63) is 26.6 Å². The third-order valence-electron chi connectivity index (χ3n) is 1.72. The SMILES string of the molecule is Cc1cc(C(F)(F)F)c(I)nc1C(F)F. The number of halogens is 6. The molecule has 1 aromatic heterocycles. The van der Waals surface area contributed by atoms with Crippen LogP contribution >= 0.6 is 22.6 Å². The van der Waals surface area contributed by atoms with E-state index in [-0.39, 0.29) is 5.56 Å². The molecule has 0 bridgehead atoms. The molecule has 0 fully saturated rings. The number of rotatable bonds is 1. The molecule has 0 aromatic carbocycles. The third kappa shape index (κ3) is 2.76. The standard InChI is InChI=1S/C8H5F5IN/c1-3-2-4(8(11,12)13)7(14)15-5(3)6(9)10/h2,6H,1H3. The van der Waals surface area contributed by atoms with Crippen molar-refractivity contribution in [1.82, 2.24) is 4.98 Å². The molecule has 1 rings (SSSR count). The summed E-state index contributed by atoms with van der Waals surface area (Å²) in [5.41, 5.74) is -1.74. The number of aryl methyl sites for hydroxylation is 1. The fourth-order valence-corrected chi connectivity index (χ4v) is 1.75. The Morgan fingerprint density at radius 2 is 1.87 bits per heavy atom. The molecule has 0 saturated heterocycles. The van der Waals surface area contributed by atoms with Crippen molar-refractivity contribution < 1.29 is 22.0 Å². The molecule has 0 radical (unpaired) electrons. The number of hydrogen-bond acceptors (Lipinski definition) is 1. The van der Waals surface area contributed by atoms with Gasteiger partial charge in [-0.2, -0.15) is 13.2 Å². The average molecular weight is 337 g/mol. The lowest BCUT2D eigenvalue weighted by Crippen LogP contribution is -2.11. The van der Waals surface area contributed by atoms with Crippen LogP contribution < -0.4 is 0 Å². The van der Waals surface area contributed by atoms with Gasteiger partial charge in [-0.25, -0.2) is 13.8 Å². The van der Waals surface area contributed by atoms with Crippen molar-refractivity contribution in [2.45, 2.75) is 19.5 Å². The summed E-state index contributed by atoms with van der Waals surface area (Å²) in [6.45, 7) is 1.18. The molecule has 0 unspecified atom stereocenters. The fraction of sp³-hybridized carbons (Fsp3) is 0.375. The molecule has 7 heteroatoms. The van der Waals surface area contributed by atoms with Crippen LogP contribution in [0.1, 0.15) is 23.2 Å². The predicted molar refractivity (Wildman–Crippen MR) is 51.7 cm³/mol. The first-order chi connectivity index (χ1) is 6.73. The van der Waals surface area contributed by atoms with Crippen LogP contribution in [0.25, 0.3) is 0 Å². The molecule has 1 nitrogen and oxygen atoms in total. The predicted octanol–water partition coefficient (Wildman–Crippen LogP) is 3.95. The van der Waals surface area contributed by atoms with E-state index in [1.165, 1.54) is 29.5 Å². The first-order valence-corrected chi connectivity index (χ1v) is 4.83. The maximum absolute atomic E-state index is 12.3.